The molecule has 160 valence electrons. The van der Waals surface area contributed by atoms with E-state index in [1.54, 1.807) is 19.1 Å². The molecule has 0 aliphatic heterocycles. The molecule has 0 bridgehead atoms. The second-order valence-corrected chi connectivity index (χ2v) is 7.77. The Morgan fingerprint density at radius 1 is 1.24 bits per heavy atom. The number of carbonyl (C=O) groups is 2. The normalized spacial score (nSPS) is 14.2. The summed E-state index contributed by atoms with van der Waals surface area (Å²) >= 11 is 0. The van der Waals surface area contributed by atoms with Gasteiger partial charge in [-0.15, -0.1) is 0 Å². The van der Waals surface area contributed by atoms with E-state index >= 15 is 0 Å². The number of amides is 2. The smallest absolute Gasteiger partial charge is 0.239 e. The predicted molar refractivity (Wildman–Crippen MR) is 112 cm³/mol. The van der Waals surface area contributed by atoms with Crippen LogP contribution in [0.5, 0.6) is 0 Å². The summed E-state index contributed by atoms with van der Waals surface area (Å²) in [5.74, 6) is 0.236. The fourth-order valence-corrected chi connectivity index (χ4v) is 3.92. The molecular weight excluding hydrogens is 370 g/mol. The summed E-state index contributed by atoms with van der Waals surface area (Å²) in [5.41, 5.74) is 2.48. The third kappa shape index (κ3) is 6.05. The molecule has 0 radical (unpaired) electrons. The second kappa shape index (κ2) is 11.0. The molecular formula is C21H33N5O3. The van der Waals surface area contributed by atoms with Crippen molar-refractivity contribution in [1.82, 2.24) is 14.8 Å². The van der Waals surface area contributed by atoms with E-state index in [0.717, 1.165) is 30.5 Å². The van der Waals surface area contributed by atoms with E-state index < -0.39 is 0 Å². The Kier molecular flexibility index (Phi) is 8.68. The van der Waals surface area contributed by atoms with E-state index in [4.69, 9.17) is 4.74 Å². The number of likely N-dealkylation sites (N-methyl/N-ethyl adjacent to an activating group) is 1. The van der Waals surface area contributed by atoms with Gasteiger partial charge in [0.2, 0.25) is 11.8 Å². The van der Waals surface area contributed by atoms with Crippen molar-refractivity contribution in [2.75, 3.05) is 45.7 Å². The average molecular weight is 404 g/mol. The molecule has 29 heavy (non-hydrogen) atoms. The molecule has 1 aromatic rings. The van der Waals surface area contributed by atoms with E-state index in [1.807, 2.05) is 13.8 Å². The number of carbonyl (C=O) groups excluding carboxylic acids is 2. The highest BCUT2D eigenvalue weighted by atomic mass is 16.5. The number of nitriles is 1. The monoisotopic (exact) mass is 403 g/mol. The number of rotatable bonds is 10. The van der Waals surface area contributed by atoms with Gasteiger partial charge < -0.3 is 19.9 Å². The van der Waals surface area contributed by atoms with Crippen LogP contribution in [0.3, 0.4) is 0 Å². The van der Waals surface area contributed by atoms with Gasteiger partial charge in [-0.3, -0.25) is 14.5 Å². The highest BCUT2D eigenvalue weighted by Crippen LogP contribution is 2.37. The summed E-state index contributed by atoms with van der Waals surface area (Å²) in [6, 6.07) is 2.57. The maximum atomic E-state index is 12.6. The number of anilines is 1. The molecule has 2 N–H and O–H groups in total. The molecule has 1 saturated carbocycles. The summed E-state index contributed by atoms with van der Waals surface area (Å²) in [6.45, 7) is 5.28. The number of methoxy groups -OCH3 is 1. The quantitative estimate of drug-likeness (QED) is 0.583. The third-order valence-electron chi connectivity index (χ3n) is 5.49. The lowest BCUT2D eigenvalue weighted by molar-refractivity contribution is -0.123. The molecule has 8 nitrogen and oxygen atoms in total. The lowest BCUT2D eigenvalue weighted by atomic mass is 10.2. The van der Waals surface area contributed by atoms with Crippen LogP contribution in [0.15, 0.2) is 0 Å². The van der Waals surface area contributed by atoms with Crippen molar-refractivity contribution in [3.05, 3.63) is 16.8 Å². The first-order valence-corrected chi connectivity index (χ1v) is 10.2. The maximum absolute atomic E-state index is 12.6. The first-order chi connectivity index (χ1) is 13.9. The van der Waals surface area contributed by atoms with Crippen LogP contribution in [0.2, 0.25) is 0 Å². The van der Waals surface area contributed by atoms with Crippen LogP contribution in [0.4, 0.5) is 5.82 Å². The van der Waals surface area contributed by atoms with Crippen molar-refractivity contribution >= 4 is 17.6 Å². The molecule has 0 atom stereocenters. The molecule has 1 aromatic heterocycles. The van der Waals surface area contributed by atoms with Crippen LogP contribution in [0.25, 0.3) is 0 Å². The zero-order valence-corrected chi connectivity index (χ0v) is 18.0. The van der Waals surface area contributed by atoms with E-state index in [1.165, 1.54) is 12.8 Å². The van der Waals surface area contributed by atoms with Crippen molar-refractivity contribution in [2.24, 2.45) is 0 Å². The summed E-state index contributed by atoms with van der Waals surface area (Å²) < 4.78 is 7.08. The molecule has 0 aromatic carbocycles. The third-order valence-corrected chi connectivity index (χ3v) is 5.49. The maximum Gasteiger partial charge on any atom is 0.239 e. The lowest BCUT2D eigenvalue weighted by Gasteiger charge is -2.20. The average Bonchev–Trinajstić information content (AvgIpc) is 3.26. The minimum Gasteiger partial charge on any atom is -0.385 e. The van der Waals surface area contributed by atoms with Gasteiger partial charge in [0.25, 0.3) is 0 Å². The Balaban J connectivity index is 1.98. The zero-order chi connectivity index (χ0) is 21.4. The molecule has 2 rings (SSSR count). The highest BCUT2D eigenvalue weighted by Gasteiger charge is 2.26. The van der Waals surface area contributed by atoms with Gasteiger partial charge in [0.1, 0.15) is 11.9 Å². The Labute approximate surface area is 173 Å². The van der Waals surface area contributed by atoms with Crippen LogP contribution >= 0.6 is 0 Å². The molecule has 1 aliphatic rings. The first-order valence-electron chi connectivity index (χ1n) is 10.2. The molecule has 8 heteroatoms. The van der Waals surface area contributed by atoms with Gasteiger partial charge >= 0.3 is 0 Å². The Morgan fingerprint density at radius 2 is 1.90 bits per heavy atom. The summed E-state index contributed by atoms with van der Waals surface area (Å²) in [6.07, 6.45) is 5.20. The lowest BCUT2D eigenvalue weighted by Crippen LogP contribution is -2.39. The van der Waals surface area contributed by atoms with Crippen molar-refractivity contribution < 1.29 is 14.3 Å². The largest absolute Gasteiger partial charge is 0.385 e. The van der Waals surface area contributed by atoms with Crippen LogP contribution in [0.1, 0.15) is 55.0 Å². The van der Waals surface area contributed by atoms with Crippen LogP contribution in [-0.4, -0.2) is 61.7 Å². The number of nitrogens with one attached hydrogen (secondary N) is 2. The molecule has 0 saturated heterocycles. The number of nitrogens with zero attached hydrogens (tertiary/aromatic N) is 3. The van der Waals surface area contributed by atoms with Gasteiger partial charge in [-0.05, 0) is 45.7 Å². The van der Waals surface area contributed by atoms with Crippen LogP contribution < -0.4 is 10.6 Å². The van der Waals surface area contributed by atoms with Crippen molar-refractivity contribution in [2.45, 2.75) is 52.0 Å². The minimum atomic E-state index is -0.229. The Hall–Kier alpha value is -2.37. The van der Waals surface area contributed by atoms with E-state index in [0.29, 0.717) is 30.6 Å². The van der Waals surface area contributed by atoms with E-state index in [9.17, 15) is 14.9 Å². The molecule has 0 spiro atoms. The topological polar surface area (TPSA) is 99.4 Å². The van der Waals surface area contributed by atoms with Gasteiger partial charge in [0, 0.05) is 32.0 Å². The standard InChI is InChI=1S/C21H33N5O3/c1-15-16(2)26(17-8-5-6-9-17)21(18(15)12-22)24-20(28)14-25(3)13-19(27)23-10-7-11-29-4/h17H,5-11,13-14H2,1-4H3,(H,23,27)(H,24,28). The second-order valence-electron chi connectivity index (χ2n) is 7.77. The van der Waals surface area contributed by atoms with Gasteiger partial charge in [-0.1, -0.05) is 12.8 Å². The Morgan fingerprint density at radius 3 is 2.52 bits per heavy atom. The van der Waals surface area contributed by atoms with Crippen LogP contribution in [0, 0.1) is 25.2 Å². The van der Waals surface area contributed by atoms with Gasteiger partial charge in [0.15, 0.2) is 0 Å². The SMILES string of the molecule is COCCCNC(=O)CN(C)CC(=O)Nc1c(C#N)c(C)c(C)n1C1CCCC1. The van der Waals surface area contributed by atoms with Gasteiger partial charge in [-0.2, -0.15) is 5.26 Å². The number of aromatic nitrogens is 1. The summed E-state index contributed by atoms with van der Waals surface area (Å²) in [5, 5.41) is 15.4. The number of ether oxygens (including phenoxy) is 1. The number of hydrogen-bond acceptors (Lipinski definition) is 5. The number of hydrogen-bond donors (Lipinski definition) is 2. The van der Waals surface area contributed by atoms with Crippen molar-refractivity contribution in [3.8, 4) is 6.07 Å². The minimum absolute atomic E-state index is 0.0737. The molecule has 2 amide bonds. The summed E-state index contributed by atoms with van der Waals surface area (Å²) in [7, 11) is 3.35. The fraction of sp³-hybridized carbons (Fsp3) is 0.667. The molecule has 0 unspecified atom stereocenters. The zero-order valence-electron chi connectivity index (χ0n) is 18.0. The van der Waals surface area contributed by atoms with Crippen LogP contribution in [-0.2, 0) is 14.3 Å². The van der Waals surface area contributed by atoms with Crippen molar-refractivity contribution in [3.63, 3.8) is 0 Å². The summed E-state index contributed by atoms with van der Waals surface area (Å²) in [4.78, 5) is 26.3. The fourth-order valence-electron chi connectivity index (χ4n) is 3.92. The van der Waals surface area contributed by atoms with E-state index in [2.05, 4.69) is 21.3 Å². The molecule has 1 heterocycles. The highest BCUT2D eigenvalue weighted by molar-refractivity contribution is 5.93. The predicted octanol–water partition coefficient (Wildman–Crippen LogP) is 2.11. The molecule has 1 fully saturated rings. The Bertz CT molecular complexity index is 759. The first kappa shape index (κ1) is 22.9. The van der Waals surface area contributed by atoms with Gasteiger partial charge in [0.05, 0.1) is 18.7 Å². The van der Waals surface area contributed by atoms with Gasteiger partial charge in [-0.25, -0.2) is 0 Å². The molecule has 1 aliphatic carbocycles. The van der Waals surface area contributed by atoms with E-state index in [-0.39, 0.29) is 24.9 Å². The van der Waals surface area contributed by atoms with Crippen molar-refractivity contribution in [1.29, 1.82) is 5.26 Å².